The number of hydrogen-bond acceptors (Lipinski definition) is 5. The van der Waals surface area contributed by atoms with E-state index in [0.29, 0.717) is 19.5 Å². The lowest BCUT2D eigenvalue weighted by molar-refractivity contribution is 0.0263. The Morgan fingerprint density at radius 3 is 2.72 bits per heavy atom. The van der Waals surface area contributed by atoms with Gasteiger partial charge >= 0.3 is 6.09 Å². The van der Waals surface area contributed by atoms with Gasteiger partial charge in [-0.1, -0.05) is 12.1 Å². The first-order valence-electron chi connectivity index (χ1n) is 10.4. The molecule has 2 aromatic rings. The molecule has 7 heteroatoms. The zero-order chi connectivity index (χ0) is 20.9. The molecule has 1 aromatic heterocycles. The third-order valence-electron chi connectivity index (χ3n) is 4.99. The molecule has 0 bridgehead atoms. The molecule has 0 saturated carbocycles. The Bertz CT molecular complexity index is 877. The topological polar surface area (TPSA) is 74.4 Å². The number of hydrogen-bond donors (Lipinski definition) is 0. The molecule has 0 aliphatic carbocycles. The van der Waals surface area contributed by atoms with E-state index in [9.17, 15) is 4.79 Å². The largest absolute Gasteiger partial charge is 0.444 e. The summed E-state index contributed by atoms with van der Waals surface area (Å²) in [5, 5.41) is 8.81. The van der Waals surface area contributed by atoms with Crippen molar-refractivity contribution in [3.05, 3.63) is 24.3 Å². The van der Waals surface area contributed by atoms with Gasteiger partial charge in [-0.15, -0.1) is 0 Å². The van der Waals surface area contributed by atoms with Crippen LogP contribution in [0, 0.1) is 11.3 Å². The summed E-state index contributed by atoms with van der Waals surface area (Å²) in [6.07, 6.45) is 3.03. The van der Waals surface area contributed by atoms with Crippen molar-refractivity contribution >= 4 is 23.1 Å². The fraction of sp³-hybridized carbons (Fsp3) is 0.591. The van der Waals surface area contributed by atoms with Crippen LogP contribution < -0.4 is 4.90 Å². The Kier molecular flexibility index (Phi) is 6.63. The Morgan fingerprint density at radius 2 is 1.97 bits per heavy atom. The number of aryl methyl sites for hydroxylation is 1. The summed E-state index contributed by atoms with van der Waals surface area (Å²) < 4.78 is 7.80. The molecule has 0 radical (unpaired) electrons. The highest BCUT2D eigenvalue weighted by molar-refractivity contribution is 5.79. The van der Waals surface area contributed by atoms with E-state index in [1.807, 2.05) is 39.0 Å². The van der Waals surface area contributed by atoms with Crippen LogP contribution in [-0.4, -0.2) is 52.3 Å². The quantitative estimate of drug-likeness (QED) is 0.708. The van der Waals surface area contributed by atoms with Gasteiger partial charge in [-0.25, -0.2) is 9.78 Å². The number of benzene rings is 1. The van der Waals surface area contributed by atoms with Crippen LogP contribution in [0.3, 0.4) is 0 Å². The number of nitriles is 1. The molecule has 1 aliphatic heterocycles. The number of aromatic nitrogens is 2. The number of fused-ring (bicyclic) bond motifs is 1. The molecule has 1 saturated heterocycles. The Balaban J connectivity index is 1.76. The molecule has 29 heavy (non-hydrogen) atoms. The smallest absolute Gasteiger partial charge is 0.410 e. The van der Waals surface area contributed by atoms with E-state index >= 15 is 0 Å². The van der Waals surface area contributed by atoms with E-state index in [0.717, 1.165) is 55.9 Å². The molecule has 7 nitrogen and oxygen atoms in total. The van der Waals surface area contributed by atoms with Crippen molar-refractivity contribution in [2.75, 3.05) is 31.1 Å². The molecule has 0 spiro atoms. The van der Waals surface area contributed by atoms with Crippen molar-refractivity contribution < 1.29 is 9.53 Å². The van der Waals surface area contributed by atoms with Crippen LogP contribution in [0.2, 0.25) is 0 Å². The maximum Gasteiger partial charge on any atom is 0.410 e. The minimum Gasteiger partial charge on any atom is -0.444 e. The molecule has 1 aromatic carbocycles. The predicted octanol–water partition coefficient (Wildman–Crippen LogP) is 4.18. The molecule has 2 heterocycles. The third-order valence-corrected chi connectivity index (χ3v) is 4.99. The second kappa shape index (κ2) is 9.17. The fourth-order valence-electron chi connectivity index (χ4n) is 3.63. The number of carbonyl (C=O) groups excluding carboxylic acids is 1. The number of rotatable bonds is 5. The molecular formula is C22H31N5O2. The van der Waals surface area contributed by atoms with Crippen molar-refractivity contribution in [2.24, 2.45) is 0 Å². The van der Waals surface area contributed by atoms with Gasteiger partial charge < -0.3 is 19.1 Å². The van der Waals surface area contributed by atoms with Crippen LogP contribution in [0.1, 0.15) is 46.5 Å². The van der Waals surface area contributed by atoms with E-state index in [2.05, 4.69) is 21.6 Å². The van der Waals surface area contributed by atoms with Crippen molar-refractivity contribution in [1.82, 2.24) is 14.5 Å². The lowest BCUT2D eigenvalue weighted by Gasteiger charge is -2.26. The monoisotopic (exact) mass is 397 g/mol. The number of para-hydroxylation sites is 2. The summed E-state index contributed by atoms with van der Waals surface area (Å²) in [7, 11) is 0. The highest BCUT2D eigenvalue weighted by Crippen LogP contribution is 2.25. The second-order valence-electron chi connectivity index (χ2n) is 8.48. The summed E-state index contributed by atoms with van der Waals surface area (Å²) in [5.41, 5.74) is 1.62. The van der Waals surface area contributed by atoms with Crippen molar-refractivity contribution in [3.63, 3.8) is 0 Å². The van der Waals surface area contributed by atoms with Gasteiger partial charge in [-0.3, -0.25) is 0 Å². The summed E-state index contributed by atoms with van der Waals surface area (Å²) >= 11 is 0. The SMILES string of the molecule is CC(C)(C)OC(=O)N1CCCN(c2nc3ccccc3n2CCCCC#N)CC1. The lowest BCUT2D eigenvalue weighted by Crippen LogP contribution is -2.39. The lowest BCUT2D eigenvalue weighted by atomic mass is 10.2. The molecule has 156 valence electrons. The Hall–Kier alpha value is -2.75. The summed E-state index contributed by atoms with van der Waals surface area (Å²) in [4.78, 5) is 21.4. The van der Waals surface area contributed by atoms with Crippen molar-refractivity contribution in [2.45, 2.75) is 58.6 Å². The highest BCUT2D eigenvalue weighted by atomic mass is 16.6. The number of amides is 1. The maximum atomic E-state index is 12.5. The zero-order valence-electron chi connectivity index (χ0n) is 17.7. The van der Waals surface area contributed by atoms with Gasteiger partial charge in [0, 0.05) is 39.1 Å². The van der Waals surface area contributed by atoms with E-state index in [-0.39, 0.29) is 6.09 Å². The van der Waals surface area contributed by atoms with Crippen molar-refractivity contribution in [3.8, 4) is 6.07 Å². The minimum absolute atomic E-state index is 0.246. The van der Waals surface area contributed by atoms with Gasteiger partial charge in [0.2, 0.25) is 5.95 Å². The van der Waals surface area contributed by atoms with Gasteiger partial charge in [0.25, 0.3) is 0 Å². The average Bonchev–Trinajstić information content (AvgIpc) is 2.85. The second-order valence-corrected chi connectivity index (χ2v) is 8.48. The first kappa shape index (κ1) is 21.0. The number of nitrogens with zero attached hydrogens (tertiary/aromatic N) is 5. The molecule has 1 fully saturated rings. The molecule has 1 aliphatic rings. The van der Waals surface area contributed by atoms with Gasteiger partial charge in [-0.05, 0) is 52.2 Å². The standard InChI is InChI=1S/C22H31N5O2/c1-22(2,3)29-21(28)26-14-9-13-25(16-17-26)20-24-18-10-5-6-11-19(18)27(20)15-8-4-7-12-23/h5-6,10-11H,4,7-9,13-17H2,1-3H3. The normalized spacial score (nSPS) is 15.2. The van der Waals surface area contributed by atoms with Gasteiger partial charge in [0.05, 0.1) is 17.1 Å². The summed E-state index contributed by atoms with van der Waals surface area (Å²) in [6.45, 7) is 9.39. The van der Waals surface area contributed by atoms with Crippen LogP contribution in [0.15, 0.2) is 24.3 Å². The highest BCUT2D eigenvalue weighted by Gasteiger charge is 2.26. The molecule has 0 N–H and O–H groups in total. The molecular weight excluding hydrogens is 366 g/mol. The Labute approximate surface area is 172 Å². The minimum atomic E-state index is -0.486. The van der Waals surface area contributed by atoms with Gasteiger partial charge in [0.1, 0.15) is 5.60 Å². The molecule has 0 unspecified atom stereocenters. The van der Waals surface area contributed by atoms with E-state index in [1.165, 1.54) is 0 Å². The number of anilines is 1. The fourth-order valence-corrected chi connectivity index (χ4v) is 3.63. The Morgan fingerprint density at radius 1 is 1.17 bits per heavy atom. The molecule has 1 amide bonds. The van der Waals surface area contributed by atoms with Crippen LogP contribution in [0.25, 0.3) is 11.0 Å². The predicted molar refractivity (Wildman–Crippen MR) is 114 cm³/mol. The first-order chi connectivity index (χ1) is 13.9. The van der Waals surface area contributed by atoms with E-state index in [4.69, 9.17) is 15.0 Å². The van der Waals surface area contributed by atoms with Crippen LogP contribution in [0.5, 0.6) is 0 Å². The zero-order valence-corrected chi connectivity index (χ0v) is 17.7. The van der Waals surface area contributed by atoms with Gasteiger partial charge in [0.15, 0.2) is 0 Å². The molecule has 3 rings (SSSR count). The van der Waals surface area contributed by atoms with Crippen LogP contribution in [0.4, 0.5) is 10.7 Å². The van der Waals surface area contributed by atoms with Crippen LogP contribution in [-0.2, 0) is 11.3 Å². The number of imidazole rings is 1. The summed E-state index contributed by atoms with van der Waals surface area (Å²) in [5.74, 6) is 0.953. The number of unbranched alkanes of at least 4 members (excludes halogenated alkanes) is 2. The average molecular weight is 398 g/mol. The third kappa shape index (κ3) is 5.41. The summed E-state index contributed by atoms with van der Waals surface area (Å²) in [6, 6.07) is 10.4. The number of carbonyl (C=O) groups is 1. The van der Waals surface area contributed by atoms with Gasteiger partial charge in [-0.2, -0.15) is 5.26 Å². The van der Waals surface area contributed by atoms with Crippen LogP contribution >= 0.6 is 0 Å². The maximum absolute atomic E-state index is 12.5. The number of ether oxygens (including phenoxy) is 1. The van der Waals surface area contributed by atoms with Crippen molar-refractivity contribution in [1.29, 1.82) is 5.26 Å². The molecule has 0 atom stereocenters. The van der Waals surface area contributed by atoms with E-state index < -0.39 is 5.60 Å². The first-order valence-corrected chi connectivity index (χ1v) is 10.4. The van der Waals surface area contributed by atoms with E-state index in [1.54, 1.807) is 4.90 Å².